The van der Waals surface area contributed by atoms with E-state index in [1.165, 1.54) is 63.4 Å². The van der Waals surface area contributed by atoms with Crippen LogP contribution in [-0.4, -0.2) is 0 Å². The third-order valence-corrected chi connectivity index (χ3v) is 3.04. The van der Waals surface area contributed by atoms with Crippen molar-refractivity contribution in [3.63, 3.8) is 0 Å². The third-order valence-electron chi connectivity index (χ3n) is 3.04. The number of unbranched alkanes of at least 4 members (excludes halogenated alkanes) is 7. The summed E-state index contributed by atoms with van der Waals surface area (Å²) in [4.78, 5) is 0. The van der Waals surface area contributed by atoms with Gasteiger partial charge in [-0.25, -0.2) is 0 Å². The summed E-state index contributed by atoms with van der Waals surface area (Å²) >= 11 is 0. The molecule has 0 fully saturated rings. The summed E-state index contributed by atoms with van der Waals surface area (Å²) < 4.78 is 0. The zero-order valence-corrected chi connectivity index (χ0v) is 13.5. The molecule has 0 bridgehead atoms. The summed E-state index contributed by atoms with van der Waals surface area (Å²) in [6.07, 6.45) is 17.7. The Bertz CT molecular complexity index is 161. The van der Waals surface area contributed by atoms with Crippen molar-refractivity contribution < 1.29 is 21.7 Å². The van der Waals surface area contributed by atoms with E-state index in [0.29, 0.717) is 0 Å². The molecule has 0 aliphatic heterocycles. The fraction of sp³-hybridized carbons (Fsp3) is 0.812. The zero-order chi connectivity index (χ0) is 12.1. The monoisotopic (exact) mass is 270 g/mol. The first-order valence-corrected chi connectivity index (χ1v) is 7.22. The molecule has 0 aromatic heterocycles. The summed E-state index contributed by atoms with van der Waals surface area (Å²) in [5.74, 6) is 0. The number of hydrogen-bond acceptors (Lipinski definition) is 0. The van der Waals surface area contributed by atoms with Crippen LogP contribution in [0.15, 0.2) is 5.57 Å². The topological polar surface area (TPSA) is 0 Å². The number of rotatable bonds is 11. The minimum atomic E-state index is 0. The molecule has 0 nitrogen and oxygen atoms in total. The molecule has 0 aliphatic rings. The smallest absolute Gasteiger partial charge is 0.500 e. The molecule has 17 heavy (non-hydrogen) atoms. The van der Waals surface area contributed by atoms with Gasteiger partial charge >= 0.3 is 21.7 Å². The van der Waals surface area contributed by atoms with Crippen LogP contribution in [0.25, 0.3) is 0 Å². The molecule has 0 rings (SSSR count). The average molecular weight is 270 g/mol. The zero-order valence-electron chi connectivity index (χ0n) is 12.0. The van der Waals surface area contributed by atoms with Gasteiger partial charge in [-0.15, -0.1) is 0 Å². The van der Waals surface area contributed by atoms with Crippen molar-refractivity contribution in [2.45, 2.75) is 84.5 Å². The Morgan fingerprint density at radius 2 is 1.47 bits per heavy atom. The second-order valence-electron chi connectivity index (χ2n) is 4.65. The molecule has 1 heteroatoms. The molecule has 0 radical (unpaired) electrons. The van der Waals surface area contributed by atoms with E-state index < -0.39 is 0 Å². The number of hydrogen-bond donors (Lipinski definition) is 0. The first-order chi connectivity index (χ1) is 7.85. The van der Waals surface area contributed by atoms with Crippen LogP contribution in [0.1, 0.15) is 84.5 Å². The van der Waals surface area contributed by atoms with Crippen molar-refractivity contribution in [3.05, 3.63) is 18.6 Å². The predicted molar refractivity (Wildman–Crippen MR) is 74.2 cm³/mol. The van der Waals surface area contributed by atoms with E-state index in [1.807, 2.05) is 0 Å². The maximum atomic E-state index is 4.00. The fourth-order valence-corrected chi connectivity index (χ4v) is 1.88. The van der Waals surface area contributed by atoms with E-state index in [4.69, 9.17) is 0 Å². The first-order valence-electron chi connectivity index (χ1n) is 7.22. The third kappa shape index (κ3) is 14.4. The van der Waals surface area contributed by atoms with Crippen LogP contribution in [0.5, 0.6) is 0 Å². The standard InChI is InChI=1S/C16H30.Ti/c1-4-7-9-11-13-15-16(6-3)14-12-10-8-5-2;/h3-14H2,1-2H3;/q-2;+2. The van der Waals surface area contributed by atoms with Gasteiger partial charge in [-0.2, -0.15) is 12.8 Å². The Morgan fingerprint density at radius 3 is 2.00 bits per heavy atom. The van der Waals surface area contributed by atoms with Crippen LogP contribution >= 0.6 is 0 Å². The molecule has 0 heterocycles. The molecule has 0 unspecified atom stereocenters. The van der Waals surface area contributed by atoms with Crippen molar-refractivity contribution in [2.24, 2.45) is 0 Å². The van der Waals surface area contributed by atoms with Gasteiger partial charge in [0.25, 0.3) is 0 Å². The van der Waals surface area contributed by atoms with Crippen molar-refractivity contribution in [1.29, 1.82) is 0 Å². The molecule has 0 atom stereocenters. The van der Waals surface area contributed by atoms with E-state index in [1.54, 1.807) is 0 Å². The van der Waals surface area contributed by atoms with Crippen molar-refractivity contribution in [1.82, 2.24) is 0 Å². The van der Waals surface area contributed by atoms with Crippen LogP contribution < -0.4 is 0 Å². The predicted octanol–water partition coefficient (Wildman–Crippen LogP) is 5.88. The maximum Gasteiger partial charge on any atom is 2.00 e. The van der Waals surface area contributed by atoms with E-state index in [2.05, 4.69) is 26.8 Å². The van der Waals surface area contributed by atoms with Crippen LogP contribution in [0.2, 0.25) is 0 Å². The fourth-order valence-electron chi connectivity index (χ4n) is 1.88. The maximum absolute atomic E-state index is 4.00. The van der Waals surface area contributed by atoms with Crippen LogP contribution in [0.4, 0.5) is 0 Å². The first kappa shape index (κ1) is 19.8. The summed E-state index contributed by atoms with van der Waals surface area (Å²) in [5, 5.41) is 0. The molecule has 0 amide bonds. The Balaban J connectivity index is 0. The van der Waals surface area contributed by atoms with Gasteiger partial charge in [-0.1, -0.05) is 71.6 Å². The minimum absolute atomic E-state index is 0. The Labute approximate surface area is 125 Å². The second-order valence-corrected chi connectivity index (χ2v) is 4.65. The molecule has 0 saturated carbocycles. The molecular weight excluding hydrogens is 240 g/mol. The van der Waals surface area contributed by atoms with Gasteiger partial charge in [0.05, 0.1) is 0 Å². The summed E-state index contributed by atoms with van der Waals surface area (Å²) in [6.45, 7) is 8.52. The van der Waals surface area contributed by atoms with Gasteiger partial charge in [0.1, 0.15) is 0 Å². The van der Waals surface area contributed by atoms with Crippen LogP contribution in [0.3, 0.4) is 0 Å². The summed E-state index contributed by atoms with van der Waals surface area (Å²) in [6, 6.07) is 0. The quantitative estimate of drug-likeness (QED) is 0.250. The van der Waals surface area contributed by atoms with E-state index in [9.17, 15) is 0 Å². The second kappa shape index (κ2) is 16.5. The molecule has 0 aliphatic carbocycles. The average Bonchev–Trinajstić information content (AvgIpc) is 2.31. The van der Waals surface area contributed by atoms with Gasteiger partial charge in [0, 0.05) is 0 Å². The normalized spacial score (nSPS) is 11.4. The van der Waals surface area contributed by atoms with Crippen molar-refractivity contribution in [3.8, 4) is 0 Å². The summed E-state index contributed by atoms with van der Waals surface area (Å²) in [7, 11) is 0. The van der Waals surface area contributed by atoms with Gasteiger partial charge in [0.2, 0.25) is 0 Å². The van der Waals surface area contributed by atoms with E-state index >= 15 is 0 Å². The van der Waals surface area contributed by atoms with Gasteiger partial charge < -0.3 is 13.0 Å². The van der Waals surface area contributed by atoms with Crippen molar-refractivity contribution in [2.75, 3.05) is 0 Å². The molecule has 0 saturated heterocycles. The van der Waals surface area contributed by atoms with Crippen LogP contribution in [-0.2, 0) is 21.7 Å². The Morgan fingerprint density at radius 1 is 0.882 bits per heavy atom. The summed E-state index contributed by atoms with van der Waals surface area (Å²) in [5.41, 5.74) is 1.47. The Hall–Kier alpha value is 0.454. The molecule has 98 valence electrons. The SMILES string of the molecule is [CH2-]CC(=[C-]CCCCCC)CCCCCC.[Ti+2]. The number of allylic oxidation sites excluding steroid dienone is 2. The molecule has 0 aromatic rings. The van der Waals surface area contributed by atoms with Gasteiger partial charge in [0.15, 0.2) is 0 Å². The van der Waals surface area contributed by atoms with E-state index in [-0.39, 0.29) is 21.7 Å². The largest absolute Gasteiger partial charge is 2.00 e. The molecule has 0 spiro atoms. The molecular formula is C16H30Ti. The molecule has 0 aromatic carbocycles. The minimum Gasteiger partial charge on any atom is -0.500 e. The Kier molecular flexibility index (Phi) is 19.2. The van der Waals surface area contributed by atoms with E-state index in [0.717, 1.165) is 12.8 Å². The van der Waals surface area contributed by atoms with Crippen molar-refractivity contribution >= 4 is 0 Å². The van der Waals surface area contributed by atoms with Crippen LogP contribution in [0, 0.1) is 13.0 Å². The van der Waals surface area contributed by atoms with Gasteiger partial charge in [-0.05, 0) is 0 Å². The van der Waals surface area contributed by atoms with Gasteiger partial charge in [-0.3, -0.25) is 5.57 Å². The molecule has 0 N–H and O–H groups in total.